The maximum atomic E-state index is 10.7. The summed E-state index contributed by atoms with van der Waals surface area (Å²) in [6.07, 6.45) is 1.13. The number of nitriles is 1. The number of nitrogens with one attached hydrogen (secondary N) is 1. The second-order valence-corrected chi connectivity index (χ2v) is 6.47. The molecule has 7 heteroatoms. The van der Waals surface area contributed by atoms with Crippen LogP contribution in [0.15, 0.2) is 16.7 Å². The molecule has 21 heavy (non-hydrogen) atoms. The van der Waals surface area contributed by atoms with Crippen molar-refractivity contribution in [1.82, 2.24) is 10.3 Å². The Kier molecular flexibility index (Phi) is 5.97. The van der Waals surface area contributed by atoms with Gasteiger partial charge in [-0.2, -0.15) is 5.26 Å². The third-order valence-electron chi connectivity index (χ3n) is 2.75. The Labute approximate surface area is 132 Å². The molecule has 0 aromatic carbocycles. The molecule has 114 valence electrons. The highest BCUT2D eigenvalue weighted by atomic mass is 79.9. The molecule has 0 spiro atoms. The zero-order valence-corrected chi connectivity index (χ0v) is 13.8. The van der Waals surface area contributed by atoms with Crippen LogP contribution in [0.5, 0.6) is 5.88 Å². The molecule has 0 radical (unpaired) electrons. The average molecular weight is 356 g/mol. The maximum Gasteiger partial charge on any atom is 0.405 e. The molecule has 1 aromatic rings. The van der Waals surface area contributed by atoms with Crippen molar-refractivity contribution in [2.75, 3.05) is 6.61 Å². The predicted octanol–water partition coefficient (Wildman–Crippen LogP) is 3.17. The van der Waals surface area contributed by atoms with Crippen LogP contribution in [0, 0.1) is 17.2 Å². The molecule has 6 nitrogen and oxygen atoms in total. The fourth-order valence-corrected chi connectivity index (χ4v) is 2.44. The normalized spacial score (nSPS) is 12.3. The van der Waals surface area contributed by atoms with Crippen LogP contribution in [0.2, 0.25) is 0 Å². The number of carbonyl (C=O) groups is 1. The summed E-state index contributed by atoms with van der Waals surface area (Å²) in [5.41, 5.74) is -0.181. The number of hydrogen-bond donors (Lipinski definition) is 2. The van der Waals surface area contributed by atoms with Crippen molar-refractivity contribution in [2.45, 2.75) is 32.7 Å². The van der Waals surface area contributed by atoms with Gasteiger partial charge in [-0.15, -0.1) is 0 Å². The van der Waals surface area contributed by atoms with Gasteiger partial charge in [0, 0.05) is 16.2 Å². The topological polar surface area (TPSA) is 95.2 Å². The highest BCUT2D eigenvalue weighted by molar-refractivity contribution is 9.10. The summed E-state index contributed by atoms with van der Waals surface area (Å²) in [6, 6.07) is 3.67. The van der Waals surface area contributed by atoms with Crippen molar-refractivity contribution >= 4 is 22.0 Å². The number of aromatic nitrogens is 1. The monoisotopic (exact) mass is 355 g/mol. The van der Waals surface area contributed by atoms with Crippen molar-refractivity contribution in [3.63, 3.8) is 0 Å². The fraction of sp³-hybridized carbons (Fsp3) is 0.500. The van der Waals surface area contributed by atoms with Gasteiger partial charge in [-0.3, -0.25) is 0 Å². The van der Waals surface area contributed by atoms with Crippen LogP contribution in [0.3, 0.4) is 0 Å². The standard InChI is InChI=1S/C14H18BrN3O3/c1-9(5-14(2,3)18-13(19)20)8-21-12-10(6-16)4-11(15)7-17-12/h4,7,9,18H,5,8H2,1-3H3,(H,19,20). The highest BCUT2D eigenvalue weighted by Crippen LogP contribution is 2.21. The number of carboxylic acid groups (broad SMARTS) is 1. The lowest BCUT2D eigenvalue weighted by Crippen LogP contribution is -2.44. The van der Waals surface area contributed by atoms with Crippen LogP contribution >= 0.6 is 15.9 Å². The molecule has 1 rings (SSSR count). The molecule has 1 unspecified atom stereocenters. The summed E-state index contributed by atoms with van der Waals surface area (Å²) in [5.74, 6) is 0.389. The highest BCUT2D eigenvalue weighted by Gasteiger charge is 2.23. The first-order valence-corrected chi connectivity index (χ1v) is 7.22. The number of rotatable bonds is 6. The third kappa shape index (κ3) is 6.00. The van der Waals surface area contributed by atoms with E-state index in [9.17, 15) is 4.79 Å². The Morgan fingerprint density at radius 2 is 2.33 bits per heavy atom. The lowest BCUT2D eigenvalue weighted by atomic mass is 9.92. The molecule has 0 aliphatic heterocycles. The van der Waals surface area contributed by atoms with Gasteiger partial charge in [0.25, 0.3) is 0 Å². The number of pyridine rings is 1. The van der Waals surface area contributed by atoms with Gasteiger partial charge < -0.3 is 15.2 Å². The van der Waals surface area contributed by atoms with E-state index >= 15 is 0 Å². The van der Waals surface area contributed by atoms with Gasteiger partial charge in [0.15, 0.2) is 0 Å². The van der Waals surface area contributed by atoms with Gasteiger partial charge in [0.2, 0.25) is 5.88 Å². The van der Waals surface area contributed by atoms with E-state index in [1.165, 1.54) is 0 Å². The average Bonchev–Trinajstić information content (AvgIpc) is 2.34. The molecule has 0 bridgehead atoms. The van der Waals surface area contributed by atoms with Crippen molar-refractivity contribution in [2.24, 2.45) is 5.92 Å². The quantitative estimate of drug-likeness (QED) is 0.816. The molecule has 1 heterocycles. The molecule has 0 aliphatic carbocycles. The van der Waals surface area contributed by atoms with Crippen LogP contribution in [0.1, 0.15) is 32.8 Å². The van der Waals surface area contributed by atoms with E-state index in [1.54, 1.807) is 12.3 Å². The molecule has 1 aromatic heterocycles. The zero-order chi connectivity index (χ0) is 16.0. The molecule has 1 amide bonds. The van der Waals surface area contributed by atoms with E-state index in [2.05, 4.69) is 26.2 Å². The van der Waals surface area contributed by atoms with Crippen LogP contribution < -0.4 is 10.1 Å². The minimum Gasteiger partial charge on any atom is -0.476 e. The predicted molar refractivity (Wildman–Crippen MR) is 81.2 cm³/mol. The first kappa shape index (κ1) is 17.2. The van der Waals surface area contributed by atoms with Crippen LogP contribution in [-0.4, -0.2) is 28.3 Å². The number of halogens is 1. The Morgan fingerprint density at radius 3 is 2.90 bits per heavy atom. The van der Waals surface area contributed by atoms with Gasteiger partial charge in [-0.1, -0.05) is 6.92 Å². The van der Waals surface area contributed by atoms with Gasteiger partial charge >= 0.3 is 6.09 Å². The number of hydrogen-bond acceptors (Lipinski definition) is 4. The lowest BCUT2D eigenvalue weighted by molar-refractivity contribution is 0.168. The zero-order valence-electron chi connectivity index (χ0n) is 12.2. The van der Waals surface area contributed by atoms with Crippen LogP contribution in [-0.2, 0) is 0 Å². The molecule has 0 saturated heterocycles. The smallest absolute Gasteiger partial charge is 0.405 e. The fourth-order valence-electron chi connectivity index (χ4n) is 2.11. The van der Waals surface area contributed by atoms with Gasteiger partial charge in [-0.25, -0.2) is 9.78 Å². The lowest BCUT2D eigenvalue weighted by Gasteiger charge is -2.27. The molecule has 1 atom stereocenters. The maximum absolute atomic E-state index is 10.7. The van der Waals surface area contributed by atoms with Gasteiger partial charge in [-0.05, 0) is 48.2 Å². The van der Waals surface area contributed by atoms with Crippen LogP contribution in [0.4, 0.5) is 4.79 Å². The second-order valence-electron chi connectivity index (χ2n) is 5.55. The summed E-state index contributed by atoms with van der Waals surface area (Å²) >= 11 is 3.25. The Hall–Kier alpha value is -1.81. The van der Waals surface area contributed by atoms with E-state index in [4.69, 9.17) is 15.1 Å². The van der Waals surface area contributed by atoms with E-state index in [-0.39, 0.29) is 11.8 Å². The molecule has 2 N–H and O–H groups in total. The van der Waals surface area contributed by atoms with Crippen LogP contribution in [0.25, 0.3) is 0 Å². The minimum absolute atomic E-state index is 0.101. The van der Waals surface area contributed by atoms with Crippen molar-refractivity contribution < 1.29 is 14.6 Å². The second kappa shape index (κ2) is 7.27. The number of ether oxygens (including phenoxy) is 1. The number of nitrogens with zero attached hydrogens (tertiary/aromatic N) is 2. The van der Waals surface area contributed by atoms with Gasteiger partial charge in [0.1, 0.15) is 11.6 Å². The van der Waals surface area contributed by atoms with E-state index in [0.717, 1.165) is 0 Å². The summed E-state index contributed by atoms with van der Waals surface area (Å²) < 4.78 is 6.28. The molecule has 0 saturated carbocycles. The van der Waals surface area contributed by atoms with Crippen molar-refractivity contribution in [3.8, 4) is 11.9 Å². The molecular weight excluding hydrogens is 338 g/mol. The third-order valence-corrected chi connectivity index (χ3v) is 3.18. The summed E-state index contributed by atoms with van der Waals surface area (Å²) in [7, 11) is 0. The first-order valence-electron chi connectivity index (χ1n) is 6.43. The first-order chi connectivity index (χ1) is 9.73. The van der Waals surface area contributed by atoms with E-state index in [1.807, 2.05) is 26.8 Å². The summed E-state index contributed by atoms with van der Waals surface area (Å²) in [6.45, 7) is 5.94. The molecular formula is C14H18BrN3O3. The summed E-state index contributed by atoms with van der Waals surface area (Å²) in [5, 5.41) is 20.3. The summed E-state index contributed by atoms with van der Waals surface area (Å²) in [4.78, 5) is 14.8. The Balaban J connectivity index is 2.59. The minimum atomic E-state index is -1.05. The van der Waals surface area contributed by atoms with E-state index in [0.29, 0.717) is 23.1 Å². The Morgan fingerprint density at radius 1 is 1.67 bits per heavy atom. The van der Waals surface area contributed by atoms with Crippen molar-refractivity contribution in [3.05, 3.63) is 22.3 Å². The van der Waals surface area contributed by atoms with Crippen molar-refractivity contribution in [1.29, 1.82) is 5.26 Å². The Bertz CT molecular complexity index is 555. The van der Waals surface area contributed by atoms with E-state index < -0.39 is 11.6 Å². The SMILES string of the molecule is CC(COc1ncc(Br)cc1C#N)CC(C)(C)NC(=O)O. The molecule has 0 aliphatic rings. The molecule has 0 fully saturated rings. The number of amides is 1. The van der Waals surface area contributed by atoms with Gasteiger partial charge in [0.05, 0.1) is 6.61 Å². The largest absolute Gasteiger partial charge is 0.476 e.